The second-order valence-corrected chi connectivity index (χ2v) is 4.01. The summed E-state index contributed by atoms with van der Waals surface area (Å²) in [5.74, 6) is 0. The fourth-order valence-electron chi connectivity index (χ4n) is 0. The maximum atomic E-state index is 9.16. The summed E-state index contributed by atoms with van der Waals surface area (Å²) in [7, 11) is 0. The zero-order chi connectivity index (χ0) is 4.50. The Labute approximate surface area is 49.2 Å². The molecule has 0 saturated heterocycles. The molecule has 0 saturated carbocycles. The van der Waals surface area contributed by atoms with Gasteiger partial charge in [0.1, 0.15) is 0 Å². The summed E-state index contributed by atoms with van der Waals surface area (Å²) in [6, 6.07) is 0. The largest absolute Gasteiger partial charge is 3.00 e. The van der Waals surface area contributed by atoms with Crippen LogP contribution in [-0.2, 0) is 20.8 Å². The summed E-state index contributed by atoms with van der Waals surface area (Å²) in [5, 5.41) is 0. The van der Waals surface area contributed by atoms with Gasteiger partial charge >= 0.3 is 48.9 Å². The van der Waals surface area contributed by atoms with Gasteiger partial charge in [0.15, 0.2) is 0 Å². The Hall–Kier alpha value is 0.798. The van der Waals surface area contributed by atoms with Gasteiger partial charge in [-0.25, -0.2) is 0 Å². The first-order chi connectivity index (χ1) is 2.00. The summed E-state index contributed by atoms with van der Waals surface area (Å²) in [5.41, 5.74) is 0.693. The first-order valence-corrected chi connectivity index (χ1v) is 5.17. The topological polar surface area (TPSA) is 63.2 Å². The molecular weight excluding hydrogens is 191 g/mol. The standard InChI is InChI=1S/CH5AsO3.Fe/c1-2(3,4)5;/h1H3,(H2,3,4,5);/q;+3/p-2. The fourth-order valence-corrected chi connectivity index (χ4v) is 0. The fraction of sp³-hybridized carbons (Fsp3) is 1.00. The predicted molar refractivity (Wildman–Crippen MR) is 12.3 cm³/mol. The van der Waals surface area contributed by atoms with E-state index >= 15 is 0 Å². The van der Waals surface area contributed by atoms with Gasteiger partial charge in [0.05, 0.1) is 0 Å². The monoisotopic (exact) mass is 194 g/mol. The molecule has 0 spiro atoms. The molecule has 0 aliphatic carbocycles. The smallest absolute Gasteiger partial charge is 3.00 e. The first-order valence-electron chi connectivity index (χ1n) is 0.995. The van der Waals surface area contributed by atoms with Crippen molar-refractivity contribution in [3.05, 3.63) is 0 Å². The molecule has 1 radical (unpaired) electrons. The van der Waals surface area contributed by atoms with Crippen LogP contribution in [0.4, 0.5) is 0 Å². The van der Waals surface area contributed by atoms with E-state index in [1.165, 1.54) is 0 Å². The third-order valence-electron chi connectivity index (χ3n) is 0. The van der Waals surface area contributed by atoms with Gasteiger partial charge < -0.3 is 0 Å². The molecule has 37 valence electrons. The van der Waals surface area contributed by atoms with Crippen molar-refractivity contribution in [3.8, 4) is 0 Å². The molecule has 0 aromatic heterocycles. The van der Waals surface area contributed by atoms with Crippen molar-refractivity contribution in [1.82, 2.24) is 0 Å². The molecule has 0 aliphatic rings. The maximum absolute atomic E-state index is 9.16. The van der Waals surface area contributed by atoms with E-state index in [1.807, 2.05) is 0 Å². The van der Waals surface area contributed by atoms with Gasteiger partial charge in [0.2, 0.25) is 0 Å². The zero-order valence-corrected chi connectivity index (χ0v) is 6.01. The molecule has 0 N–H and O–H groups in total. The van der Waals surface area contributed by atoms with Gasteiger partial charge in [-0.1, -0.05) is 0 Å². The number of hydrogen-bond acceptors (Lipinski definition) is 3. The summed E-state index contributed by atoms with van der Waals surface area (Å²) >= 11 is -4.62. The Morgan fingerprint density at radius 3 is 1.50 bits per heavy atom. The van der Waals surface area contributed by atoms with Crippen molar-refractivity contribution in [3.63, 3.8) is 0 Å². The van der Waals surface area contributed by atoms with Gasteiger partial charge in [0, 0.05) is 0 Å². The van der Waals surface area contributed by atoms with Crippen LogP contribution in [0, 0.1) is 0 Å². The molecule has 0 atom stereocenters. The Morgan fingerprint density at radius 2 is 1.50 bits per heavy atom. The summed E-state index contributed by atoms with van der Waals surface area (Å²) in [6.07, 6.45) is 0. The normalized spacial score (nSPS) is 9.83. The molecular formula is CH3AsFeO3+. The minimum atomic E-state index is -4.62. The van der Waals surface area contributed by atoms with E-state index in [2.05, 4.69) is 0 Å². The van der Waals surface area contributed by atoms with E-state index in [0.717, 1.165) is 0 Å². The van der Waals surface area contributed by atoms with Crippen molar-refractivity contribution >= 4 is 14.2 Å². The SMILES string of the molecule is C[As](=O)([O-])[O-].[Fe+3]. The van der Waals surface area contributed by atoms with Crippen LogP contribution in [0.3, 0.4) is 0 Å². The minimum Gasteiger partial charge on any atom is 3.00 e. The average Bonchev–Trinajstić information content (AvgIpc) is 0.722. The second kappa shape index (κ2) is 2.89. The molecule has 0 bridgehead atoms. The van der Waals surface area contributed by atoms with Gasteiger partial charge in [-0.3, -0.25) is 0 Å². The number of rotatable bonds is 0. The van der Waals surface area contributed by atoms with Crippen molar-refractivity contribution < 1.29 is 29.0 Å². The third kappa shape index (κ3) is 109. The minimum absolute atomic E-state index is 0. The van der Waals surface area contributed by atoms with Crippen molar-refractivity contribution in [1.29, 1.82) is 0 Å². The molecule has 0 heterocycles. The Balaban J connectivity index is 0. The summed E-state index contributed by atoms with van der Waals surface area (Å²) in [4.78, 5) is 0. The van der Waals surface area contributed by atoms with Crippen LogP contribution in [0.2, 0.25) is 5.71 Å². The quantitative estimate of drug-likeness (QED) is 0.407. The van der Waals surface area contributed by atoms with Crippen LogP contribution in [0.25, 0.3) is 0 Å². The van der Waals surface area contributed by atoms with Gasteiger partial charge in [-0.2, -0.15) is 0 Å². The molecule has 0 unspecified atom stereocenters. The molecule has 0 rings (SSSR count). The molecule has 0 fully saturated rings. The average molecular weight is 194 g/mol. The molecule has 6 heavy (non-hydrogen) atoms. The van der Waals surface area contributed by atoms with E-state index in [0.29, 0.717) is 5.71 Å². The Morgan fingerprint density at radius 1 is 1.50 bits per heavy atom. The number of hydrogen-bond donors (Lipinski definition) is 0. The van der Waals surface area contributed by atoms with Gasteiger partial charge in [-0.15, -0.1) is 0 Å². The zero-order valence-electron chi connectivity index (χ0n) is 3.03. The van der Waals surface area contributed by atoms with E-state index in [-0.39, 0.29) is 17.1 Å². The molecule has 3 nitrogen and oxygen atoms in total. The van der Waals surface area contributed by atoms with E-state index in [1.54, 1.807) is 0 Å². The van der Waals surface area contributed by atoms with Crippen LogP contribution >= 0.6 is 0 Å². The van der Waals surface area contributed by atoms with Crippen molar-refractivity contribution in [2.24, 2.45) is 0 Å². The summed E-state index contributed by atoms with van der Waals surface area (Å²) in [6.45, 7) is 0. The molecule has 0 amide bonds. The molecule has 0 aliphatic heterocycles. The summed E-state index contributed by atoms with van der Waals surface area (Å²) < 4.78 is 27.5. The Kier molecular flexibility index (Phi) is 4.78. The van der Waals surface area contributed by atoms with Crippen LogP contribution in [0.5, 0.6) is 0 Å². The first kappa shape index (κ1) is 9.93. The molecule has 0 aromatic carbocycles. The van der Waals surface area contributed by atoms with Crippen LogP contribution in [0.15, 0.2) is 0 Å². The molecule has 0 aromatic rings. The van der Waals surface area contributed by atoms with Crippen LogP contribution in [0.1, 0.15) is 0 Å². The Bertz CT molecular complexity index is 56.9. The van der Waals surface area contributed by atoms with Gasteiger partial charge in [0.25, 0.3) is 0 Å². The third-order valence-corrected chi connectivity index (χ3v) is 0. The van der Waals surface area contributed by atoms with E-state index in [4.69, 9.17) is 11.9 Å². The van der Waals surface area contributed by atoms with E-state index < -0.39 is 14.2 Å². The van der Waals surface area contributed by atoms with Gasteiger partial charge in [-0.05, 0) is 0 Å². The van der Waals surface area contributed by atoms with Crippen molar-refractivity contribution in [2.75, 3.05) is 0 Å². The maximum Gasteiger partial charge on any atom is 3.00 e. The molecule has 5 heteroatoms. The van der Waals surface area contributed by atoms with Crippen LogP contribution < -0.4 is 8.19 Å². The van der Waals surface area contributed by atoms with Crippen molar-refractivity contribution in [2.45, 2.75) is 5.71 Å². The second-order valence-electron chi connectivity index (χ2n) is 0.771. The van der Waals surface area contributed by atoms with Crippen LogP contribution in [-0.4, -0.2) is 14.2 Å². The van der Waals surface area contributed by atoms with E-state index in [9.17, 15) is 0 Å². The predicted octanol–water partition coefficient (Wildman–Crippen LogP) is -2.30.